The predicted octanol–water partition coefficient (Wildman–Crippen LogP) is 2.96. The molecule has 2 saturated carbocycles. The summed E-state index contributed by atoms with van der Waals surface area (Å²) in [6.45, 7) is 2.58. The molecule has 2 amide bonds. The van der Waals surface area contributed by atoms with E-state index in [4.69, 9.17) is 0 Å². The summed E-state index contributed by atoms with van der Waals surface area (Å²) in [4.78, 5) is 38.2. The topological polar surface area (TPSA) is 86.7 Å². The molecule has 6 heteroatoms. The van der Waals surface area contributed by atoms with Gasteiger partial charge in [0.25, 0.3) is 0 Å². The van der Waals surface area contributed by atoms with E-state index < -0.39 is 11.4 Å². The van der Waals surface area contributed by atoms with Crippen molar-refractivity contribution in [3.8, 4) is 0 Å². The Morgan fingerprint density at radius 2 is 1.70 bits per heavy atom. The van der Waals surface area contributed by atoms with Gasteiger partial charge in [0.05, 0.1) is 5.41 Å². The molecule has 3 fully saturated rings. The second-order valence-electron chi connectivity index (χ2n) is 9.20. The normalized spacial score (nSPS) is 32.3. The Kier molecular flexibility index (Phi) is 6.43. The molecule has 0 bridgehead atoms. The summed E-state index contributed by atoms with van der Waals surface area (Å²) in [7, 11) is 0. The molecule has 1 unspecified atom stereocenters. The molecule has 3 aliphatic rings. The molecule has 0 aromatic carbocycles. The highest BCUT2D eigenvalue weighted by molar-refractivity contribution is 5.82. The maximum absolute atomic E-state index is 12.7. The molecule has 1 aliphatic heterocycles. The Morgan fingerprint density at radius 1 is 1.04 bits per heavy atom. The molecular formula is C21H34N2O4. The Morgan fingerprint density at radius 3 is 2.30 bits per heavy atom. The maximum Gasteiger partial charge on any atom is 0.311 e. The van der Waals surface area contributed by atoms with Crippen LogP contribution in [-0.2, 0) is 14.4 Å². The highest BCUT2D eigenvalue weighted by atomic mass is 16.4. The molecule has 27 heavy (non-hydrogen) atoms. The van der Waals surface area contributed by atoms with Gasteiger partial charge in [0.2, 0.25) is 11.8 Å². The van der Waals surface area contributed by atoms with Gasteiger partial charge in [0.15, 0.2) is 0 Å². The number of nitrogens with one attached hydrogen (secondary N) is 1. The fourth-order valence-corrected chi connectivity index (χ4v) is 5.01. The van der Waals surface area contributed by atoms with Gasteiger partial charge < -0.3 is 15.3 Å². The average Bonchev–Trinajstić information content (AvgIpc) is 3.06. The Bertz CT molecular complexity index is 565. The molecule has 2 aliphatic carbocycles. The van der Waals surface area contributed by atoms with E-state index in [9.17, 15) is 19.5 Å². The van der Waals surface area contributed by atoms with E-state index in [1.165, 1.54) is 32.1 Å². The van der Waals surface area contributed by atoms with Crippen LogP contribution < -0.4 is 5.32 Å². The van der Waals surface area contributed by atoms with Gasteiger partial charge in [0, 0.05) is 31.5 Å². The van der Waals surface area contributed by atoms with Crippen LogP contribution in [0.3, 0.4) is 0 Å². The standard InChI is InChI=1S/C21H34N2O4/c1-21(20(26)27)11-12-23(14-21)19(25)16-7-9-17(10-8-16)22-18(24)13-15-5-3-2-4-6-15/h15-17H,2-14H2,1H3,(H,22,24)(H,26,27). The zero-order valence-corrected chi connectivity index (χ0v) is 16.5. The molecule has 1 saturated heterocycles. The minimum atomic E-state index is -0.817. The first-order valence-corrected chi connectivity index (χ1v) is 10.7. The third-order valence-electron chi connectivity index (χ3n) is 6.94. The summed E-state index contributed by atoms with van der Waals surface area (Å²) >= 11 is 0. The van der Waals surface area contributed by atoms with Crippen LogP contribution in [0.5, 0.6) is 0 Å². The number of carbonyl (C=O) groups is 3. The number of aliphatic carboxylic acids is 1. The van der Waals surface area contributed by atoms with E-state index in [1.807, 2.05) is 0 Å². The lowest BCUT2D eigenvalue weighted by atomic mass is 9.84. The maximum atomic E-state index is 12.7. The molecule has 1 atom stereocenters. The van der Waals surface area contributed by atoms with Crippen LogP contribution in [0.4, 0.5) is 0 Å². The van der Waals surface area contributed by atoms with Gasteiger partial charge in [-0.05, 0) is 57.8 Å². The third kappa shape index (κ3) is 5.02. The molecule has 0 aromatic rings. The second-order valence-corrected chi connectivity index (χ2v) is 9.20. The number of carboxylic acids is 1. The molecule has 2 N–H and O–H groups in total. The van der Waals surface area contributed by atoms with Gasteiger partial charge in [0.1, 0.15) is 0 Å². The number of hydrogen-bond acceptors (Lipinski definition) is 3. The van der Waals surface area contributed by atoms with Gasteiger partial charge in [-0.15, -0.1) is 0 Å². The van der Waals surface area contributed by atoms with Crippen molar-refractivity contribution in [3.05, 3.63) is 0 Å². The van der Waals surface area contributed by atoms with Crippen molar-refractivity contribution in [2.24, 2.45) is 17.3 Å². The molecular weight excluding hydrogens is 344 g/mol. The van der Waals surface area contributed by atoms with E-state index in [1.54, 1.807) is 11.8 Å². The van der Waals surface area contributed by atoms with E-state index in [0.717, 1.165) is 25.7 Å². The Labute approximate surface area is 162 Å². The van der Waals surface area contributed by atoms with Gasteiger partial charge >= 0.3 is 5.97 Å². The Hall–Kier alpha value is -1.59. The number of rotatable bonds is 5. The molecule has 0 aromatic heterocycles. The van der Waals surface area contributed by atoms with E-state index >= 15 is 0 Å². The van der Waals surface area contributed by atoms with Gasteiger partial charge in [-0.1, -0.05) is 19.3 Å². The van der Waals surface area contributed by atoms with Crippen LogP contribution in [0, 0.1) is 17.3 Å². The first-order chi connectivity index (χ1) is 12.9. The third-order valence-corrected chi connectivity index (χ3v) is 6.94. The van der Waals surface area contributed by atoms with E-state index in [0.29, 0.717) is 31.8 Å². The van der Waals surface area contributed by atoms with Crippen LogP contribution in [0.25, 0.3) is 0 Å². The van der Waals surface area contributed by atoms with Crippen LogP contribution in [0.2, 0.25) is 0 Å². The van der Waals surface area contributed by atoms with Gasteiger partial charge in [-0.3, -0.25) is 14.4 Å². The summed E-state index contributed by atoms with van der Waals surface area (Å²) in [5.74, 6) is -0.00870. The summed E-state index contributed by atoms with van der Waals surface area (Å²) in [5.41, 5.74) is -0.806. The molecule has 6 nitrogen and oxygen atoms in total. The minimum absolute atomic E-state index is 0.0207. The van der Waals surface area contributed by atoms with Crippen molar-refractivity contribution in [3.63, 3.8) is 0 Å². The second kappa shape index (κ2) is 8.61. The summed E-state index contributed by atoms with van der Waals surface area (Å²) in [6.07, 6.45) is 10.6. The van der Waals surface area contributed by atoms with Crippen LogP contribution >= 0.6 is 0 Å². The minimum Gasteiger partial charge on any atom is -0.481 e. The molecule has 152 valence electrons. The predicted molar refractivity (Wildman–Crippen MR) is 102 cm³/mol. The van der Waals surface area contributed by atoms with Gasteiger partial charge in [-0.25, -0.2) is 0 Å². The lowest BCUT2D eigenvalue weighted by molar-refractivity contribution is -0.147. The smallest absolute Gasteiger partial charge is 0.311 e. The van der Waals surface area contributed by atoms with Crippen molar-refractivity contribution in [2.45, 2.75) is 83.6 Å². The Balaban J connectivity index is 1.40. The van der Waals surface area contributed by atoms with Gasteiger partial charge in [-0.2, -0.15) is 0 Å². The molecule has 1 heterocycles. The van der Waals surface area contributed by atoms with Crippen LogP contribution in [0.15, 0.2) is 0 Å². The fourth-order valence-electron chi connectivity index (χ4n) is 5.01. The van der Waals surface area contributed by atoms with Crippen LogP contribution in [0.1, 0.15) is 77.6 Å². The molecule has 0 spiro atoms. The van der Waals surface area contributed by atoms with Crippen molar-refractivity contribution in [1.29, 1.82) is 0 Å². The number of hydrogen-bond donors (Lipinski definition) is 2. The zero-order chi connectivity index (χ0) is 19.4. The molecule has 0 radical (unpaired) electrons. The lowest BCUT2D eigenvalue weighted by Crippen LogP contribution is -2.43. The number of carbonyl (C=O) groups excluding carboxylic acids is 2. The van der Waals surface area contributed by atoms with E-state index in [2.05, 4.69) is 5.32 Å². The summed E-state index contributed by atoms with van der Waals surface area (Å²) in [6, 6.07) is 0.188. The summed E-state index contributed by atoms with van der Waals surface area (Å²) < 4.78 is 0. The lowest BCUT2D eigenvalue weighted by Gasteiger charge is -2.31. The molecule has 3 rings (SSSR count). The van der Waals surface area contributed by atoms with Crippen molar-refractivity contribution in [1.82, 2.24) is 10.2 Å². The fraction of sp³-hybridized carbons (Fsp3) is 0.857. The SMILES string of the molecule is CC1(C(=O)O)CCN(C(=O)C2CCC(NC(=O)CC3CCCCC3)CC2)C1. The number of carboxylic acid groups (broad SMARTS) is 1. The van der Waals surface area contributed by atoms with Crippen molar-refractivity contribution in [2.75, 3.05) is 13.1 Å². The highest BCUT2D eigenvalue weighted by Crippen LogP contribution is 2.34. The number of nitrogens with zero attached hydrogens (tertiary/aromatic N) is 1. The van der Waals surface area contributed by atoms with Crippen LogP contribution in [-0.4, -0.2) is 46.9 Å². The van der Waals surface area contributed by atoms with Crippen molar-refractivity contribution < 1.29 is 19.5 Å². The number of likely N-dealkylation sites (tertiary alicyclic amines) is 1. The van der Waals surface area contributed by atoms with Crippen molar-refractivity contribution >= 4 is 17.8 Å². The monoisotopic (exact) mass is 378 g/mol. The zero-order valence-electron chi connectivity index (χ0n) is 16.5. The quantitative estimate of drug-likeness (QED) is 0.770. The highest BCUT2D eigenvalue weighted by Gasteiger charge is 2.43. The summed E-state index contributed by atoms with van der Waals surface area (Å²) in [5, 5.41) is 12.5. The van der Waals surface area contributed by atoms with E-state index in [-0.39, 0.29) is 23.8 Å². The first-order valence-electron chi connectivity index (χ1n) is 10.7. The number of amides is 2. The first kappa shape index (κ1) is 20.2. The average molecular weight is 379 g/mol. The largest absolute Gasteiger partial charge is 0.481 e.